The molecule has 0 saturated heterocycles. The molecule has 25 heavy (non-hydrogen) atoms. The molecule has 2 aromatic carbocycles. The normalized spacial score (nSPS) is 10.1. The molecule has 0 saturated carbocycles. The van der Waals surface area contributed by atoms with Gasteiger partial charge in [-0.05, 0) is 17.7 Å². The Morgan fingerprint density at radius 1 is 0.880 bits per heavy atom. The van der Waals surface area contributed by atoms with Crippen LogP contribution >= 0.6 is 11.8 Å². The molecule has 6 heteroatoms. The van der Waals surface area contributed by atoms with Crippen molar-refractivity contribution in [2.24, 2.45) is 0 Å². The summed E-state index contributed by atoms with van der Waals surface area (Å²) in [7, 11) is 0. The Balaban J connectivity index is 1.49. The lowest BCUT2D eigenvalue weighted by Gasteiger charge is -2.08. The van der Waals surface area contributed by atoms with E-state index in [1.807, 2.05) is 36.4 Å². The van der Waals surface area contributed by atoms with Gasteiger partial charge in [-0.3, -0.25) is 9.59 Å². The van der Waals surface area contributed by atoms with E-state index in [1.54, 1.807) is 23.9 Å². The van der Waals surface area contributed by atoms with Crippen molar-refractivity contribution in [2.75, 3.05) is 25.4 Å². The van der Waals surface area contributed by atoms with Crippen molar-refractivity contribution in [3.8, 4) is 5.75 Å². The zero-order valence-electron chi connectivity index (χ0n) is 13.9. The third-order valence-electron chi connectivity index (χ3n) is 3.24. The largest absolute Gasteiger partial charge is 0.484 e. The van der Waals surface area contributed by atoms with Crippen LogP contribution in [-0.4, -0.2) is 37.3 Å². The number of thioether (sulfide) groups is 1. The Morgan fingerprint density at radius 2 is 1.56 bits per heavy atom. The summed E-state index contributed by atoms with van der Waals surface area (Å²) >= 11 is 1.76. The summed E-state index contributed by atoms with van der Waals surface area (Å²) in [5, 5.41) is 5.32. The fraction of sp³-hybridized carbons (Fsp3) is 0.263. The maximum atomic E-state index is 11.7. The average Bonchev–Trinajstić information content (AvgIpc) is 2.66. The van der Waals surface area contributed by atoms with Crippen molar-refractivity contribution in [3.63, 3.8) is 0 Å². The first-order valence-corrected chi connectivity index (χ1v) is 9.22. The molecular formula is C19H22N2O3S. The number of hydrogen-bond acceptors (Lipinski definition) is 4. The molecule has 5 nitrogen and oxygen atoms in total. The summed E-state index contributed by atoms with van der Waals surface area (Å²) in [5.74, 6) is 1.85. The number of carbonyl (C=O) groups excluding carboxylic acids is 2. The van der Waals surface area contributed by atoms with Gasteiger partial charge in [-0.25, -0.2) is 0 Å². The van der Waals surface area contributed by atoms with Crippen molar-refractivity contribution in [1.29, 1.82) is 0 Å². The van der Waals surface area contributed by atoms with E-state index < -0.39 is 0 Å². The van der Waals surface area contributed by atoms with E-state index in [-0.39, 0.29) is 25.0 Å². The van der Waals surface area contributed by atoms with Crippen LogP contribution in [0.4, 0.5) is 0 Å². The van der Waals surface area contributed by atoms with Gasteiger partial charge in [0.25, 0.3) is 5.91 Å². The smallest absolute Gasteiger partial charge is 0.258 e. The van der Waals surface area contributed by atoms with E-state index in [0.717, 1.165) is 11.5 Å². The van der Waals surface area contributed by atoms with Gasteiger partial charge in [0.2, 0.25) is 5.91 Å². The van der Waals surface area contributed by atoms with Gasteiger partial charge in [-0.15, -0.1) is 0 Å². The Hall–Kier alpha value is -2.47. The van der Waals surface area contributed by atoms with Crippen LogP contribution in [0.25, 0.3) is 0 Å². The Bertz CT molecular complexity index is 650. The second kappa shape index (κ2) is 11.1. The first-order valence-electron chi connectivity index (χ1n) is 8.07. The fourth-order valence-corrected chi connectivity index (χ4v) is 2.80. The summed E-state index contributed by atoms with van der Waals surface area (Å²) in [5.41, 5.74) is 1.27. The molecule has 2 amide bonds. The summed E-state index contributed by atoms with van der Waals surface area (Å²) in [6.45, 7) is 0.428. The highest BCUT2D eigenvalue weighted by molar-refractivity contribution is 7.98. The van der Waals surface area contributed by atoms with Crippen LogP contribution in [-0.2, 0) is 15.3 Å². The summed E-state index contributed by atoms with van der Waals surface area (Å²) in [6.07, 6.45) is 0. The molecule has 0 aliphatic heterocycles. The molecule has 2 N–H and O–H groups in total. The first kappa shape index (κ1) is 18.9. The van der Waals surface area contributed by atoms with Crippen LogP contribution in [0.2, 0.25) is 0 Å². The van der Waals surface area contributed by atoms with Gasteiger partial charge in [0.05, 0.1) is 6.54 Å². The zero-order valence-corrected chi connectivity index (χ0v) is 14.8. The van der Waals surface area contributed by atoms with E-state index in [1.165, 1.54) is 5.56 Å². The fourth-order valence-electron chi connectivity index (χ4n) is 1.98. The quantitative estimate of drug-likeness (QED) is 0.639. The van der Waals surface area contributed by atoms with Gasteiger partial charge in [-0.1, -0.05) is 48.5 Å². The molecule has 0 unspecified atom stereocenters. The number of ether oxygens (including phenoxy) is 1. The lowest BCUT2D eigenvalue weighted by atomic mass is 10.2. The second-order valence-corrected chi connectivity index (χ2v) is 6.37. The molecule has 0 heterocycles. The van der Waals surface area contributed by atoms with Crippen LogP contribution < -0.4 is 15.4 Å². The lowest BCUT2D eigenvalue weighted by Crippen LogP contribution is -2.39. The Kier molecular flexibility index (Phi) is 8.41. The summed E-state index contributed by atoms with van der Waals surface area (Å²) in [4.78, 5) is 23.3. The molecule has 0 aliphatic rings. The molecular weight excluding hydrogens is 336 g/mol. The van der Waals surface area contributed by atoms with Gasteiger partial charge < -0.3 is 15.4 Å². The SMILES string of the molecule is O=C(CNC(=O)COc1ccccc1)NCCSCc1ccccc1. The number of carbonyl (C=O) groups is 2. The van der Waals surface area contributed by atoms with Crippen molar-refractivity contribution >= 4 is 23.6 Å². The molecule has 0 fully saturated rings. The third kappa shape index (κ3) is 8.26. The average molecular weight is 358 g/mol. The van der Waals surface area contributed by atoms with Gasteiger partial charge >= 0.3 is 0 Å². The van der Waals surface area contributed by atoms with Gasteiger partial charge in [0.1, 0.15) is 5.75 Å². The minimum atomic E-state index is -0.322. The highest BCUT2D eigenvalue weighted by Gasteiger charge is 2.06. The van der Waals surface area contributed by atoms with E-state index in [9.17, 15) is 9.59 Å². The van der Waals surface area contributed by atoms with Crippen molar-refractivity contribution in [1.82, 2.24) is 10.6 Å². The van der Waals surface area contributed by atoms with Gasteiger partial charge in [-0.2, -0.15) is 11.8 Å². The standard InChI is InChI=1S/C19H22N2O3S/c22-18(20-11-12-25-15-16-7-3-1-4-8-16)13-21-19(23)14-24-17-9-5-2-6-10-17/h1-10H,11-15H2,(H,20,22)(H,21,23). The molecule has 2 rings (SSSR count). The maximum absolute atomic E-state index is 11.7. The van der Waals surface area contributed by atoms with Crippen LogP contribution in [0, 0.1) is 0 Å². The number of amides is 2. The predicted octanol–water partition coefficient (Wildman–Crippen LogP) is 2.23. The number of hydrogen-bond donors (Lipinski definition) is 2. The number of benzene rings is 2. The maximum Gasteiger partial charge on any atom is 0.258 e. The third-order valence-corrected chi connectivity index (χ3v) is 4.27. The monoisotopic (exact) mass is 358 g/mol. The van der Waals surface area contributed by atoms with E-state index >= 15 is 0 Å². The Morgan fingerprint density at radius 3 is 2.28 bits per heavy atom. The molecule has 0 atom stereocenters. The lowest BCUT2D eigenvalue weighted by molar-refractivity contribution is -0.127. The number of nitrogens with one attached hydrogen (secondary N) is 2. The molecule has 2 aromatic rings. The predicted molar refractivity (Wildman–Crippen MR) is 101 cm³/mol. The minimum Gasteiger partial charge on any atom is -0.484 e. The van der Waals surface area contributed by atoms with Crippen molar-refractivity contribution in [3.05, 3.63) is 66.2 Å². The molecule has 132 valence electrons. The van der Waals surface area contributed by atoms with Crippen molar-refractivity contribution in [2.45, 2.75) is 5.75 Å². The van der Waals surface area contributed by atoms with Gasteiger partial charge in [0.15, 0.2) is 6.61 Å². The molecule has 0 aromatic heterocycles. The second-order valence-electron chi connectivity index (χ2n) is 5.27. The van der Waals surface area contributed by atoms with Crippen LogP contribution in [0.5, 0.6) is 5.75 Å². The van der Waals surface area contributed by atoms with Gasteiger partial charge in [0, 0.05) is 18.1 Å². The minimum absolute atomic E-state index is 0.0413. The molecule has 0 aliphatic carbocycles. The number of para-hydroxylation sites is 1. The zero-order chi connectivity index (χ0) is 17.7. The topological polar surface area (TPSA) is 67.4 Å². The van der Waals surface area contributed by atoms with Crippen LogP contribution in [0.15, 0.2) is 60.7 Å². The molecule has 0 bridgehead atoms. The van der Waals surface area contributed by atoms with Crippen LogP contribution in [0.1, 0.15) is 5.56 Å². The summed E-state index contributed by atoms with van der Waals surface area (Å²) in [6, 6.07) is 19.3. The molecule has 0 radical (unpaired) electrons. The highest BCUT2D eigenvalue weighted by atomic mass is 32.2. The van der Waals surface area contributed by atoms with Crippen LogP contribution in [0.3, 0.4) is 0 Å². The van der Waals surface area contributed by atoms with E-state index in [4.69, 9.17) is 4.74 Å². The van der Waals surface area contributed by atoms with E-state index in [0.29, 0.717) is 12.3 Å². The Labute approximate surface area is 152 Å². The first-order chi connectivity index (χ1) is 12.2. The molecule has 0 spiro atoms. The van der Waals surface area contributed by atoms with Crippen molar-refractivity contribution < 1.29 is 14.3 Å². The number of rotatable bonds is 10. The summed E-state index contributed by atoms with van der Waals surface area (Å²) < 4.78 is 5.31. The highest BCUT2D eigenvalue weighted by Crippen LogP contribution is 2.10. The van der Waals surface area contributed by atoms with E-state index in [2.05, 4.69) is 22.8 Å².